The molecule has 0 aromatic heterocycles. The summed E-state index contributed by atoms with van der Waals surface area (Å²) in [6.45, 7) is 3.34. The molecule has 1 saturated heterocycles. The second-order valence-electron chi connectivity index (χ2n) is 6.93. The molecule has 5 heteroatoms. The first-order valence-electron chi connectivity index (χ1n) is 9.81. The lowest BCUT2D eigenvalue weighted by molar-refractivity contribution is -0.115. The van der Waals surface area contributed by atoms with Crippen molar-refractivity contribution in [1.29, 1.82) is 0 Å². The maximum absolute atomic E-state index is 12.4. The lowest BCUT2D eigenvalue weighted by Crippen LogP contribution is -2.36. The molecule has 0 aliphatic carbocycles. The highest BCUT2D eigenvalue weighted by Gasteiger charge is 2.11. The van der Waals surface area contributed by atoms with E-state index in [-0.39, 0.29) is 5.91 Å². The third-order valence-corrected chi connectivity index (χ3v) is 4.79. The topological polar surface area (TPSA) is 50.8 Å². The minimum atomic E-state index is -0.0409. The molecule has 1 amide bonds. The third kappa shape index (κ3) is 5.36. The van der Waals surface area contributed by atoms with Gasteiger partial charge in [0, 0.05) is 24.5 Å². The van der Waals surface area contributed by atoms with Crippen LogP contribution in [-0.2, 0) is 16.0 Å². The zero-order chi connectivity index (χ0) is 19.9. The Balaban J connectivity index is 1.30. The number of ether oxygens (including phenoxy) is 2. The molecule has 1 heterocycles. The van der Waals surface area contributed by atoms with E-state index in [2.05, 4.69) is 22.3 Å². The third-order valence-electron chi connectivity index (χ3n) is 4.79. The fraction of sp³-hybridized carbons (Fsp3) is 0.208. The molecule has 3 aromatic rings. The summed E-state index contributed by atoms with van der Waals surface area (Å²) in [6, 6.07) is 25.2. The zero-order valence-corrected chi connectivity index (χ0v) is 16.2. The number of nitrogens with zero attached hydrogens (tertiary/aromatic N) is 1. The number of hydrogen-bond donors (Lipinski definition) is 1. The van der Waals surface area contributed by atoms with Crippen molar-refractivity contribution in [2.75, 3.05) is 36.5 Å². The summed E-state index contributed by atoms with van der Waals surface area (Å²) in [5, 5.41) is 2.94. The van der Waals surface area contributed by atoms with Crippen molar-refractivity contribution in [3.05, 3.63) is 84.4 Å². The highest BCUT2D eigenvalue weighted by Crippen LogP contribution is 2.23. The van der Waals surface area contributed by atoms with Gasteiger partial charge in [-0.1, -0.05) is 30.3 Å². The van der Waals surface area contributed by atoms with E-state index in [1.165, 1.54) is 5.69 Å². The van der Waals surface area contributed by atoms with Gasteiger partial charge < -0.3 is 19.7 Å². The number of carbonyl (C=O) groups is 1. The average Bonchev–Trinajstić information content (AvgIpc) is 2.77. The summed E-state index contributed by atoms with van der Waals surface area (Å²) in [6.07, 6.45) is 0.339. The first-order valence-corrected chi connectivity index (χ1v) is 9.81. The van der Waals surface area contributed by atoms with Crippen molar-refractivity contribution in [3.8, 4) is 11.5 Å². The molecule has 0 atom stereocenters. The molecule has 5 nitrogen and oxygen atoms in total. The first kappa shape index (κ1) is 19.0. The van der Waals surface area contributed by atoms with Gasteiger partial charge in [-0.05, 0) is 54.1 Å². The summed E-state index contributed by atoms with van der Waals surface area (Å²) in [7, 11) is 0. The molecule has 0 spiro atoms. The van der Waals surface area contributed by atoms with Gasteiger partial charge in [0.15, 0.2) is 0 Å². The van der Waals surface area contributed by atoms with Crippen LogP contribution in [0, 0.1) is 0 Å². The Morgan fingerprint density at radius 2 is 1.52 bits per heavy atom. The van der Waals surface area contributed by atoms with Gasteiger partial charge >= 0.3 is 0 Å². The van der Waals surface area contributed by atoms with E-state index in [1.807, 2.05) is 66.7 Å². The van der Waals surface area contributed by atoms with Gasteiger partial charge in [0.05, 0.1) is 19.6 Å². The molecule has 0 saturated carbocycles. The molecule has 1 aliphatic rings. The minimum Gasteiger partial charge on any atom is -0.457 e. The summed E-state index contributed by atoms with van der Waals surface area (Å²) in [5.41, 5.74) is 2.91. The van der Waals surface area contributed by atoms with E-state index in [0.29, 0.717) is 6.42 Å². The Labute approximate surface area is 170 Å². The van der Waals surface area contributed by atoms with E-state index in [9.17, 15) is 4.79 Å². The predicted molar refractivity (Wildman–Crippen MR) is 115 cm³/mol. The summed E-state index contributed by atoms with van der Waals surface area (Å²) in [4.78, 5) is 14.7. The number of benzene rings is 3. The van der Waals surface area contributed by atoms with E-state index in [0.717, 1.165) is 49.1 Å². The van der Waals surface area contributed by atoms with Crippen LogP contribution in [0.3, 0.4) is 0 Å². The van der Waals surface area contributed by atoms with Gasteiger partial charge in [0.1, 0.15) is 11.5 Å². The Morgan fingerprint density at radius 3 is 2.21 bits per heavy atom. The predicted octanol–water partition coefficient (Wildman–Crippen LogP) is 4.50. The van der Waals surface area contributed by atoms with E-state index in [1.54, 1.807) is 0 Å². The molecule has 0 bridgehead atoms. The number of nitrogens with one attached hydrogen (secondary N) is 1. The standard InChI is InChI=1S/C24H24N2O3/c27-24(18-19-6-10-21(11-7-19)26-14-16-28-17-15-26)25-20-8-12-23(13-9-20)29-22-4-2-1-3-5-22/h1-13H,14-18H2,(H,25,27). The van der Waals surface area contributed by atoms with Crippen molar-refractivity contribution in [1.82, 2.24) is 0 Å². The van der Waals surface area contributed by atoms with E-state index < -0.39 is 0 Å². The Hall–Kier alpha value is -3.31. The van der Waals surface area contributed by atoms with Crippen LogP contribution in [-0.4, -0.2) is 32.2 Å². The van der Waals surface area contributed by atoms with Crippen LogP contribution in [0.25, 0.3) is 0 Å². The van der Waals surface area contributed by atoms with E-state index >= 15 is 0 Å². The van der Waals surface area contributed by atoms with Crippen molar-refractivity contribution in [2.45, 2.75) is 6.42 Å². The average molecular weight is 388 g/mol. The highest BCUT2D eigenvalue weighted by molar-refractivity contribution is 5.92. The van der Waals surface area contributed by atoms with Crippen LogP contribution in [0.4, 0.5) is 11.4 Å². The molecule has 0 unspecified atom stereocenters. The molecule has 1 aliphatic heterocycles. The second-order valence-corrected chi connectivity index (χ2v) is 6.93. The van der Waals surface area contributed by atoms with Gasteiger partial charge in [-0.3, -0.25) is 4.79 Å². The van der Waals surface area contributed by atoms with Crippen LogP contribution >= 0.6 is 0 Å². The molecule has 29 heavy (non-hydrogen) atoms. The fourth-order valence-corrected chi connectivity index (χ4v) is 3.27. The van der Waals surface area contributed by atoms with Gasteiger partial charge in [-0.15, -0.1) is 0 Å². The summed E-state index contributed by atoms with van der Waals surface area (Å²) >= 11 is 0. The van der Waals surface area contributed by atoms with Crippen LogP contribution in [0.1, 0.15) is 5.56 Å². The second kappa shape index (κ2) is 9.26. The Bertz CT molecular complexity index is 919. The van der Waals surface area contributed by atoms with Crippen molar-refractivity contribution in [3.63, 3.8) is 0 Å². The molecule has 1 N–H and O–H groups in total. The molecule has 1 fully saturated rings. The molecule has 3 aromatic carbocycles. The summed E-state index contributed by atoms with van der Waals surface area (Å²) < 4.78 is 11.2. The Kier molecular flexibility index (Phi) is 6.07. The number of amides is 1. The SMILES string of the molecule is O=C(Cc1ccc(N2CCOCC2)cc1)Nc1ccc(Oc2ccccc2)cc1. The highest BCUT2D eigenvalue weighted by atomic mass is 16.5. The van der Waals surface area contributed by atoms with Crippen molar-refractivity contribution < 1.29 is 14.3 Å². The van der Waals surface area contributed by atoms with Gasteiger partial charge in [0.2, 0.25) is 5.91 Å². The molecular weight excluding hydrogens is 364 g/mol. The molecular formula is C24H24N2O3. The fourth-order valence-electron chi connectivity index (χ4n) is 3.27. The smallest absolute Gasteiger partial charge is 0.228 e. The summed E-state index contributed by atoms with van der Waals surface area (Å²) in [5.74, 6) is 1.47. The minimum absolute atomic E-state index is 0.0409. The number of rotatable bonds is 6. The molecule has 0 radical (unpaired) electrons. The lowest BCUT2D eigenvalue weighted by Gasteiger charge is -2.28. The maximum atomic E-state index is 12.4. The zero-order valence-electron chi connectivity index (χ0n) is 16.2. The van der Waals surface area contributed by atoms with Crippen LogP contribution in [0.2, 0.25) is 0 Å². The monoisotopic (exact) mass is 388 g/mol. The number of para-hydroxylation sites is 1. The number of anilines is 2. The van der Waals surface area contributed by atoms with E-state index in [4.69, 9.17) is 9.47 Å². The van der Waals surface area contributed by atoms with Crippen LogP contribution in [0.15, 0.2) is 78.9 Å². The number of morpholine rings is 1. The normalized spacial score (nSPS) is 13.7. The Morgan fingerprint density at radius 1 is 0.862 bits per heavy atom. The number of hydrogen-bond acceptors (Lipinski definition) is 4. The maximum Gasteiger partial charge on any atom is 0.228 e. The number of carbonyl (C=O) groups excluding carboxylic acids is 1. The molecule has 148 valence electrons. The first-order chi connectivity index (χ1) is 14.3. The van der Waals surface area contributed by atoms with Crippen molar-refractivity contribution >= 4 is 17.3 Å². The van der Waals surface area contributed by atoms with Gasteiger partial charge in [0.25, 0.3) is 0 Å². The quantitative estimate of drug-likeness (QED) is 0.676. The van der Waals surface area contributed by atoms with Crippen molar-refractivity contribution in [2.24, 2.45) is 0 Å². The lowest BCUT2D eigenvalue weighted by atomic mass is 10.1. The largest absolute Gasteiger partial charge is 0.457 e. The molecule has 4 rings (SSSR count). The van der Waals surface area contributed by atoms with Crippen LogP contribution in [0.5, 0.6) is 11.5 Å². The van der Waals surface area contributed by atoms with Gasteiger partial charge in [-0.2, -0.15) is 0 Å². The van der Waals surface area contributed by atoms with Crippen LogP contribution < -0.4 is 15.0 Å². The van der Waals surface area contributed by atoms with Gasteiger partial charge in [-0.25, -0.2) is 0 Å².